The highest BCUT2D eigenvalue weighted by atomic mass is 19.1. The van der Waals surface area contributed by atoms with Crippen LogP contribution in [0.15, 0.2) is 88.5 Å². The van der Waals surface area contributed by atoms with Crippen molar-refractivity contribution in [3.63, 3.8) is 0 Å². The van der Waals surface area contributed by atoms with Crippen LogP contribution in [0.4, 0.5) is 4.39 Å². The number of benzene rings is 3. The van der Waals surface area contributed by atoms with E-state index in [9.17, 15) is 24.2 Å². The van der Waals surface area contributed by atoms with Gasteiger partial charge in [0.05, 0.1) is 18.2 Å². The van der Waals surface area contributed by atoms with Gasteiger partial charge in [-0.15, -0.1) is 0 Å². The molecule has 5 rings (SSSR count). The zero-order chi connectivity index (χ0) is 26.1. The molecule has 3 aromatic carbocycles. The average molecular weight is 502 g/mol. The molecule has 0 spiro atoms. The first-order valence-electron chi connectivity index (χ1n) is 11.8. The van der Waals surface area contributed by atoms with Crippen molar-refractivity contribution in [2.75, 3.05) is 13.2 Å². The van der Waals surface area contributed by atoms with E-state index in [1.165, 1.54) is 23.1 Å². The lowest BCUT2D eigenvalue weighted by molar-refractivity contribution is -0.129. The molecule has 1 aromatic heterocycles. The van der Waals surface area contributed by atoms with Crippen molar-refractivity contribution in [2.24, 2.45) is 0 Å². The molecule has 0 fully saturated rings. The van der Waals surface area contributed by atoms with Crippen LogP contribution in [0.5, 0.6) is 11.5 Å². The van der Waals surface area contributed by atoms with Crippen molar-refractivity contribution in [2.45, 2.75) is 19.4 Å². The molecule has 0 aliphatic carbocycles. The third kappa shape index (κ3) is 4.53. The SMILES string of the molecule is CCOc1cc(C2C(C(=O)c3cc4ccccc4o3)=C(O)C(=O)N2CCc2ccc(F)cc2)ccc1O. The summed E-state index contributed by atoms with van der Waals surface area (Å²) < 4.78 is 24.6. The fraction of sp³-hybridized carbons (Fsp3) is 0.172. The number of phenols is 1. The van der Waals surface area contributed by atoms with E-state index < -0.39 is 23.5 Å². The van der Waals surface area contributed by atoms with E-state index in [4.69, 9.17) is 9.15 Å². The molecule has 1 amide bonds. The summed E-state index contributed by atoms with van der Waals surface area (Å²) >= 11 is 0. The molecule has 0 radical (unpaired) electrons. The summed E-state index contributed by atoms with van der Waals surface area (Å²) in [7, 11) is 0. The Morgan fingerprint density at radius 1 is 1.05 bits per heavy atom. The fourth-order valence-electron chi connectivity index (χ4n) is 4.56. The van der Waals surface area contributed by atoms with Gasteiger partial charge < -0.3 is 24.3 Å². The zero-order valence-corrected chi connectivity index (χ0v) is 20.0. The van der Waals surface area contributed by atoms with Gasteiger partial charge in [-0.05, 0) is 60.9 Å². The maximum atomic E-state index is 13.7. The molecule has 0 bridgehead atoms. The molecule has 1 aliphatic rings. The first kappa shape index (κ1) is 24.1. The number of amides is 1. The molecule has 0 saturated carbocycles. The number of carbonyl (C=O) groups is 2. The molecule has 8 heteroatoms. The first-order valence-corrected chi connectivity index (χ1v) is 11.8. The number of aromatic hydroxyl groups is 1. The number of para-hydroxylation sites is 1. The zero-order valence-electron chi connectivity index (χ0n) is 20.0. The minimum Gasteiger partial charge on any atom is -0.504 e. The molecular weight excluding hydrogens is 477 g/mol. The van der Waals surface area contributed by atoms with Crippen LogP contribution in [0.25, 0.3) is 11.0 Å². The normalized spacial score (nSPS) is 15.6. The predicted octanol–water partition coefficient (Wildman–Crippen LogP) is 5.50. The van der Waals surface area contributed by atoms with Gasteiger partial charge in [0.1, 0.15) is 11.4 Å². The molecule has 1 aliphatic heterocycles. The van der Waals surface area contributed by atoms with E-state index in [-0.39, 0.29) is 35.2 Å². The van der Waals surface area contributed by atoms with E-state index in [0.717, 1.165) is 5.56 Å². The number of hydrogen-bond acceptors (Lipinski definition) is 6. The van der Waals surface area contributed by atoms with E-state index in [1.807, 2.05) is 6.07 Å². The predicted molar refractivity (Wildman–Crippen MR) is 134 cm³/mol. The van der Waals surface area contributed by atoms with Crippen LogP contribution < -0.4 is 4.74 Å². The summed E-state index contributed by atoms with van der Waals surface area (Å²) in [4.78, 5) is 28.3. The number of nitrogens with zero attached hydrogens (tertiary/aromatic N) is 1. The molecule has 1 unspecified atom stereocenters. The van der Waals surface area contributed by atoms with Crippen LogP contribution in [-0.2, 0) is 11.2 Å². The molecule has 0 saturated heterocycles. The number of carbonyl (C=O) groups excluding carboxylic acids is 2. The Bertz CT molecular complexity index is 1490. The van der Waals surface area contributed by atoms with Gasteiger partial charge in [0.2, 0.25) is 5.78 Å². The van der Waals surface area contributed by atoms with Gasteiger partial charge in [-0.25, -0.2) is 4.39 Å². The second kappa shape index (κ2) is 9.81. The van der Waals surface area contributed by atoms with Crippen molar-refractivity contribution >= 4 is 22.7 Å². The second-order valence-electron chi connectivity index (χ2n) is 8.68. The fourth-order valence-corrected chi connectivity index (χ4v) is 4.56. The smallest absolute Gasteiger partial charge is 0.290 e. The topological polar surface area (TPSA) is 100 Å². The number of hydrogen-bond donors (Lipinski definition) is 2. The number of aliphatic hydroxyl groups is 1. The summed E-state index contributed by atoms with van der Waals surface area (Å²) in [5, 5.41) is 21.8. The summed E-state index contributed by atoms with van der Waals surface area (Å²) in [5.41, 5.74) is 1.63. The van der Waals surface area contributed by atoms with Crippen LogP contribution in [0.2, 0.25) is 0 Å². The number of halogens is 1. The standard InChI is InChI=1S/C29H24FNO6/c1-2-36-23-16-19(9-12-21(23)32)26-25(27(33)24-15-18-5-3-4-6-22(18)37-24)28(34)29(35)31(26)14-13-17-7-10-20(30)11-8-17/h3-12,15-16,26,32,34H,2,13-14H2,1H3. The Morgan fingerprint density at radius 3 is 2.54 bits per heavy atom. The molecule has 1 atom stereocenters. The van der Waals surface area contributed by atoms with Gasteiger partial charge in [0.15, 0.2) is 23.0 Å². The van der Waals surface area contributed by atoms with Gasteiger partial charge in [-0.1, -0.05) is 36.4 Å². The minimum absolute atomic E-state index is 0.00950. The maximum Gasteiger partial charge on any atom is 0.290 e. The van der Waals surface area contributed by atoms with E-state index in [0.29, 0.717) is 29.6 Å². The summed E-state index contributed by atoms with van der Waals surface area (Å²) in [5.74, 6) is -2.28. The van der Waals surface area contributed by atoms with E-state index in [1.54, 1.807) is 55.5 Å². The number of fused-ring (bicyclic) bond motifs is 1. The molecule has 2 heterocycles. The van der Waals surface area contributed by atoms with Gasteiger partial charge in [0.25, 0.3) is 5.91 Å². The van der Waals surface area contributed by atoms with E-state index in [2.05, 4.69) is 0 Å². The maximum absolute atomic E-state index is 13.7. The van der Waals surface area contributed by atoms with E-state index >= 15 is 0 Å². The van der Waals surface area contributed by atoms with Crippen LogP contribution in [-0.4, -0.2) is 40.0 Å². The lowest BCUT2D eigenvalue weighted by atomic mass is 9.94. The molecule has 188 valence electrons. The Hall–Kier alpha value is -4.59. The molecule has 37 heavy (non-hydrogen) atoms. The van der Waals surface area contributed by atoms with Gasteiger partial charge in [0, 0.05) is 11.9 Å². The van der Waals surface area contributed by atoms with Crippen LogP contribution in [0.1, 0.15) is 34.6 Å². The summed E-state index contributed by atoms with van der Waals surface area (Å²) in [6, 6.07) is 18.2. The van der Waals surface area contributed by atoms with Crippen molar-refractivity contribution in [1.82, 2.24) is 4.90 Å². The van der Waals surface area contributed by atoms with Gasteiger partial charge in [-0.2, -0.15) is 0 Å². The summed E-state index contributed by atoms with van der Waals surface area (Å²) in [6.07, 6.45) is 0.359. The first-order chi connectivity index (χ1) is 17.9. The summed E-state index contributed by atoms with van der Waals surface area (Å²) in [6.45, 7) is 2.20. The van der Waals surface area contributed by atoms with Gasteiger partial charge in [-0.3, -0.25) is 9.59 Å². The minimum atomic E-state index is -0.964. The quantitative estimate of drug-likeness (QED) is 0.310. The number of furan rings is 1. The molecule has 2 N–H and O–H groups in total. The van der Waals surface area contributed by atoms with Crippen molar-refractivity contribution < 1.29 is 33.3 Å². The highest BCUT2D eigenvalue weighted by Gasteiger charge is 2.44. The number of phenolic OH excluding ortho intramolecular Hbond substituents is 1. The highest BCUT2D eigenvalue weighted by Crippen LogP contribution is 2.42. The lowest BCUT2D eigenvalue weighted by Gasteiger charge is -2.27. The largest absolute Gasteiger partial charge is 0.504 e. The van der Waals surface area contributed by atoms with Crippen LogP contribution >= 0.6 is 0 Å². The monoisotopic (exact) mass is 501 g/mol. The number of ketones is 1. The van der Waals surface area contributed by atoms with Crippen molar-refractivity contribution in [3.05, 3.63) is 107 Å². The Labute approximate surface area is 212 Å². The van der Waals surface area contributed by atoms with Crippen LogP contribution in [0.3, 0.4) is 0 Å². The Balaban J connectivity index is 1.56. The number of aliphatic hydroxyl groups excluding tert-OH is 1. The molecule has 7 nitrogen and oxygen atoms in total. The number of rotatable bonds is 8. The second-order valence-corrected chi connectivity index (χ2v) is 8.68. The third-order valence-electron chi connectivity index (χ3n) is 6.35. The molecular formula is C29H24FNO6. The van der Waals surface area contributed by atoms with Gasteiger partial charge >= 0.3 is 0 Å². The molecule has 4 aromatic rings. The number of Topliss-reactive ketones (excluding diaryl/α,β-unsaturated/α-hetero) is 1. The average Bonchev–Trinajstić information content (AvgIpc) is 3.44. The van der Waals surface area contributed by atoms with Crippen molar-refractivity contribution in [3.8, 4) is 11.5 Å². The number of ether oxygens (including phenoxy) is 1. The van der Waals surface area contributed by atoms with Crippen LogP contribution in [0, 0.1) is 5.82 Å². The third-order valence-corrected chi connectivity index (χ3v) is 6.35. The highest BCUT2D eigenvalue weighted by molar-refractivity contribution is 6.16. The Morgan fingerprint density at radius 2 is 1.81 bits per heavy atom. The Kier molecular flexibility index (Phi) is 6.40. The van der Waals surface area contributed by atoms with Crippen molar-refractivity contribution in [1.29, 1.82) is 0 Å². The lowest BCUT2D eigenvalue weighted by Crippen LogP contribution is -2.33.